The summed E-state index contributed by atoms with van der Waals surface area (Å²) in [5, 5.41) is 8.98. The van der Waals surface area contributed by atoms with Gasteiger partial charge in [-0.05, 0) is 77.3 Å². The van der Waals surface area contributed by atoms with Crippen LogP contribution in [-0.2, 0) is 28.8 Å². The Kier molecular flexibility index (Phi) is 11.0. The van der Waals surface area contributed by atoms with E-state index in [0.29, 0.717) is 25.2 Å². The molecule has 0 saturated heterocycles. The first-order valence-electron chi connectivity index (χ1n) is 13.4. The van der Waals surface area contributed by atoms with Gasteiger partial charge in [0.25, 0.3) is 0 Å². The maximum Gasteiger partial charge on any atom is 0.333 e. The van der Waals surface area contributed by atoms with Crippen molar-refractivity contribution < 1.29 is 19.4 Å². The lowest BCUT2D eigenvalue weighted by Crippen LogP contribution is -2.09. The van der Waals surface area contributed by atoms with E-state index in [-0.39, 0.29) is 12.6 Å². The maximum atomic E-state index is 11.9. The molecule has 4 heteroatoms. The number of benzene rings is 3. The van der Waals surface area contributed by atoms with Crippen molar-refractivity contribution in [3.63, 3.8) is 0 Å². The van der Waals surface area contributed by atoms with Gasteiger partial charge in [-0.25, -0.2) is 4.79 Å². The molecule has 0 aromatic heterocycles. The molecule has 3 aromatic rings. The molecule has 0 spiro atoms. The van der Waals surface area contributed by atoms with Crippen LogP contribution in [0.2, 0.25) is 0 Å². The predicted molar refractivity (Wildman–Crippen MR) is 152 cm³/mol. The van der Waals surface area contributed by atoms with E-state index in [1.54, 1.807) is 6.92 Å². The van der Waals surface area contributed by atoms with E-state index in [4.69, 9.17) is 14.6 Å². The maximum absolute atomic E-state index is 11.9. The number of esters is 1. The summed E-state index contributed by atoms with van der Waals surface area (Å²) in [5.74, 6) is 0.412. The minimum Gasteiger partial charge on any atom is -0.491 e. The highest BCUT2D eigenvalue weighted by atomic mass is 16.5. The van der Waals surface area contributed by atoms with Crippen molar-refractivity contribution in [2.45, 2.75) is 59.3 Å². The van der Waals surface area contributed by atoms with Crippen LogP contribution in [0.4, 0.5) is 0 Å². The Balaban J connectivity index is 1.89. The zero-order valence-corrected chi connectivity index (χ0v) is 22.5. The second-order valence-electron chi connectivity index (χ2n) is 9.44. The summed E-state index contributed by atoms with van der Waals surface area (Å²) in [6.45, 7) is 10.4. The Hall–Kier alpha value is -3.37. The van der Waals surface area contributed by atoms with Crippen molar-refractivity contribution in [3.8, 4) is 28.0 Å². The molecule has 0 fully saturated rings. The van der Waals surface area contributed by atoms with Crippen LogP contribution in [0.25, 0.3) is 22.3 Å². The molecule has 37 heavy (non-hydrogen) atoms. The lowest BCUT2D eigenvalue weighted by molar-refractivity contribution is -0.138. The molecule has 0 aliphatic heterocycles. The fraction of sp³-hybridized carbons (Fsp3) is 0.364. The molecule has 0 radical (unpaired) electrons. The van der Waals surface area contributed by atoms with Gasteiger partial charge in [0.2, 0.25) is 0 Å². The lowest BCUT2D eigenvalue weighted by atomic mass is 9.90. The number of aryl methyl sites for hydroxylation is 2. The number of unbranched alkanes of at least 4 members (excludes halogenated alkanes) is 2. The minimum absolute atomic E-state index is 0.00122. The van der Waals surface area contributed by atoms with E-state index in [1.165, 1.54) is 52.6 Å². The molecule has 0 aliphatic rings. The van der Waals surface area contributed by atoms with E-state index in [2.05, 4.69) is 69.0 Å². The molecule has 196 valence electrons. The predicted octanol–water partition coefficient (Wildman–Crippen LogP) is 7.35. The van der Waals surface area contributed by atoms with Gasteiger partial charge in [0, 0.05) is 12.0 Å². The average molecular weight is 501 g/mol. The number of aliphatic hydroxyl groups is 1. The Bertz CT molecular complexity index is 1180. The molecule has 0 amide bonds. The second-order valence-corrected chi connectivity index (χ2v) is 9.44. The Morgan fingerprint density at radius 1 is 0.838 bits per heavy atom. The first kappa shape index (κ1) is 28.2. The van der Waals surface area contributed by atoms with Crippen molar-refractivity contribution in [2.24, 2.45) is 0 Å². The van der Waals surface area contributed by atoms with Crippen LogP contribution in [0.15, 0.2) is 72.8 Å². The molecule has 3 aromatic carbocycles. The largest absolute Gasteiger partial charge is 0.491 e. The fourth-order valence-electron chi connectivity index (χ4n) is 4.48. The van der Waals surface area contributed by atoms with Gasteiger partial charge >= 0.3 is 5.97 Å². The van der Waals surface area contributed by atoms with E-state index in [1.807, 2.05) is 12.1 Å². The Morgan fingerprint density at radius 3 is 2.22 bits per heavy atom. The number of carbonyl (C=O) groups is 1. The SMILES string of the molecule is C=C(C)C(=O)OCCc1cc(CCCCC)ccc1-c1ccc(-c2ccc(OCCO)cc2)c(CC)c1. The second kappa shape index (κ2) is 14.4. The highest BCUT2D eigenvalue weighted by Crippen LogP contribution is 2.33. The Labute approximate surface area is 222 Å². The molecule has 3 rings (SSSR count). The van der Waals surface area contributed by atoms with Gasteiger partial charge in [0.05, 0.1) is 13.2 Å². The van der Waals surface area contributed by atoms with E-state index >= 15 is 0 Å². The number of hydrogen-bond donors (Lipinski definition) is 1. The number of hydrogen-bond acceptors (Lipinski definition) is 4. The topological polar surface area (TPSA) is 55.8 Å². The highest BCUT2D eigenvalue weighted by molar-refractivity contribution is 5.87. The van der Waals surface area contributed by atoms with Crippen molar-refractivity contribution in [3.05, 3.63) is 89.5 Å². The third kappa shape index (κ3) is 8.06. The van der Waals surface area contributed by atoms with Crippen LogP contribution in [0.1, 0.15) is 56.7 Å². The zero-order chi connectivity index (χ0) is 26.6. The smallest absolute Gasteiger partial charge is 0.333 e. The first-order chi connectivity index (χ1) is 18.0. The highest BCUT2D eigenvalue weighted by Gasteiger charge is 2.12. The summed E-state index contributed by atoms with van der Waals surface area (Å²) in [6.07, 6.45) is 6.23. The summed E-state index contributed by atoms with van der Waals surface area (Å²) >= 11 is 0. The van der Waals surface area contributed by atoms with Crippen molar-refractivity contribution >= 4 is 5.97 Å². The number of ether oxygens (including phenoxy) is 2. The van der Waals surface area contributed by atoms with Gasteiger partial charge in [0.1, 0.15) is 12.4 Å². The van der Waals surface area contributed by atoms with Gasteiger partial charge in [-0.3, -0.25) is 0 Å². The molecule has 0 atom stereocenters. The number of rotatable bonds is 14. The van der Waals surface area contributed by atoms with Crippen molar-refractivity contribution in [1.29, 1.82) is 0 Å². The molecule has 0 heterocycles. The van der Waals surface area contributed by atoms with Crippen molar-refractivity contribution in [1.82, 2.24) is 0 Å². The monoisotopic (exact) mass is 500 g/mol. The van der Waals surface area contributed by atoms with Crippen LogP contribution < -0.4 is 4.74 Å². The molecule has 0 unspecified atom stereocenters. The molecule has 0 aliphatic carbocycles. The Morgan fingerprint density at radius 2 is 1.54 bits per heavy atom. The molecular weight excluding hydrogens is 460 g/mol. The lowest BCUT2D eigenvalue weighted by Gasteiger charge is -2.16. The van der Waals surface area contributed by atoms with E-state index in [0.717, 1.165) is 24.2 Å². The van der Waals surface area contributed by atoms with Gasteiger partial charge in [-0.1, -0.05) is 81.8 Å². The van der Waals surface area contributed by atoms with E-state index < -0.39 is 0 Å². The normalized spacial score (nSPS) is 10.8. The molecule has 0 saturated carbocycles. The fourth-order valence-corrected chi connectivity index (χ4v) is 4.48. The van der Waals surface area contributed by atoms with Crippen LogP contribution in [0.3, 0.4) is 0 Å². The molecule has 0 bridgehead atoms. The van der Waals surface area contributed by atoms with Gasteiger partial charge < -0.3 is 14.6 Å². The van der Waals surface area contributed by atoms with Gasteiger partial charge in [0.15, 0.2) is 0 Å². The molecular formula is C33H40O4. The number of carbonyl (C=O) groups excluding carboxylic acids is 1. The van der Waals surface area contributed by atoms with Crippen LogP contribution >= 0.6 is 0 Å². The zero-order valence-electron chi connectivity index (χ0n) is 22.5. The molecule has 1 N–H and O–H groups in total. The van der Waals surface area contributed by atoms with E-state index in [9.17, 15) is 4.79 Å². The third-order valence-corrected chi connectivity index (χ3v) is 6.51. The van der Waals surface area contributed by atoms with Crippen LogP contribution in [0.5, 0.6) is 5.75 Å². The van der Waals surface area contributed by atoms with Crippen LogP contribution in [-0.4, -0.2) is 30.9 Å². The first-order valence-corrected chi connectivity index (χ1v) is 13.4. The summed E-state index contributed by atoms with van der Waals surface area (Å²) in [7, 11) is 0. The average Bonchev–Trinajstić information content (AvgIpc) is 2.92. The minimum atomic E-state index is -0.342. The summed E-state index contributed by atoms with van der Waals surface area (Å²) in [4.78, 5) is 11.9. The van der Waals surface area contributed by atoms with Gasteiger partial charge in [-0.15, -0.1) is 0 Å². The van der Waals surface area contributed by atoms with Crippen LogP contribution in [0, 0.1) is 0 Å². The van der Waals surface area contributed by atoms with Gasteiger partial charge in [-0.2, -0.15) is 0 Å². The summed E-state index contributed by atoms with van der Waals surface area (Å²) < 4.78 is 10.9. The van der Waals surface area contributed by atoms with Crippen molar-refractivity contribution in [2.75, 3.05) is 19.8 Å². The number of aliphatic hydroxyl groups excluding tert-OH is 1. The third-order valence-electron chi connectivity index (χ3n) is 6.51. The standard InChI is InChI=1S/C33H40O4/c1-5-7-8-9-25-10-16-32(29(22-25)18-20-37-33(35)24(3)4)28-13-17-31(26(6-2)23-28)27-11-14-30(15-12-27)36-21-19-34/h10-17,22-23,34H,3,5-9,18-21H2,1-2,4H3. The quantitative estimate of drug-likeness (QED) is 0.143. The summed E-state index contributed by atoms with van der Waals surface area (Å²) in [6, 6.07) is 21.4. The molecule has 4 nitrogen and oxygen atoms in total. The summed E-state index contributed by atoms with van der Waals surface area (Å²) in [5.41, 5.74) is 8.91.